The molecule has 0 radical (unpaired) electrons. The van der Waals surface area contributed by atoms with E-state index in [4.69, 9.17) is 17.2 Å². The zero-order valence-corrected chi connectivity index (χ0v) is 24.9. The molecule has 0 saturated carbocycles. The molecule has 13 nitrogen and oxygen atoms in total. The van der Waals surface area contributed by atoms with Crippen LogP contribution in [0.2, 0.25) is 0 Å². The molecule has 0 aliphatic rings. The number of amides is 3. The van der Waals surface area contributed by atoms with Gasteiger partial charge in [-0.3, -0.25) is 19.4 Å². The van der Waals surface area contributed by atoms with Crippen molar-refractivity contribution in [2.24, 2.45) is 22.2 Å². The number of carboxylic acid groups (broad SMARTS) is 1. The number of carboxylic acids is 1. The zero-order valence-electron chi connectivity index (χ0n) is 24.1. The molecule has 0 spiro atoms. The van der Waals surface area contributed by atoms with Gasteiger partial charge in [-0.25, -0.2) is 4.79 Å². The van der Waals surface area contributed by atoms with E-state index in [1.807, 2.05) is 6.26 Å². The lowest BCUT2D eigenvalue weighted by Gasteiger charge is -2.25. The molecule has 2 aromatic rings. The van der Waals surface area contributed by atoms with Gasteiger partial charge in [0.1, 0.15) is 23.9 Å². The van der Waals surface area contributed by atoms with Crippen molar-refractivity contribution in [3.05, 3.63) is 65.7 Å². The molecule has 14 heteroatoms. The minimum absolute atomic E-state index is 0.0436. The highest BCUT2D eigenvalue weighted by atomic mass is 32.2. The molecule has 0 saturated heterocycles. The van der Waals surface area contributed by atoms with Crippen molar-refractivity contribution in [1.82, 2.24) is 16.0 Å². The fraction of sp³-hybridized carbons (Fsp3) is 0.414. The summed E-state index contributed by atoms with van der Waals surface area (Å²) in [6.07, 6.45) is 2.76. The fourth-order valence-corrected chi connectivity index (χ4v) is 4.60. The molecule has 2 rings (SSSR count). The van der Waals surface area contributed by atoms with Crippen LogP contribution < -0.4 is 33.2 Å². The molecule has 3 amide bonds. The molecule has 0 bridgehead atoms. The van der Waals surface area contributed by atoms with Crippen LogP contribution in [0.5, 0.6) is 5.75 Å². The van der Waals surface area contributed by atoms with Crippen molar-refractivity contribution < 1.29 is 29.4 Å². The van der Waals surface area contributed by atoms with Crippen LogP contribution in [-0.4, -0.2) is 82.6 Å². The SMILES string of the molecule is CSCC[C@H](NC(=O)[C@H](N)Cc1ccc(O)cc1)C(=O)N[C@@H](CCCN=C(N)N)C(=O)N[C@@H](Cc1ccccc1)C(=O)O. The van der Waals surface area contributed by atoms with E-state index in [1.54, 1.807) is 42.5 Å². The number of phenols is 1. The molecule has 0 unspecified atom stereocenters. The number of nitrogens with two attached hydrogens (primary N) is 3. The van der Waals surface area contributed by atoms with E-state index in [0.717, 1.165) is 5.56 Å². The van der Waals surface area contributed by atoms with Crippen LogP contribution >= 0.6 is 11.8 Å². The fourth-order valence-electron chi connectivity index (χ4n) is 4.13. The first-order valence-electron chi connectivity index (χ1n) is 13.8. The lowest BCUT2D eigenvalue weighted by molar-refractivity contribution is -0.142. The van der Waals surface area contributed by atoms with Crippen molar-refractivity contribution in [3.8, 4) is 5.75 Å². The Balaban J connectivity index is 2.15. The number of aliphatic carboxylic acids is 1. The number of carbonyl (C=O) groups excluding carboxylic acids is 3. The van der Waals surface area contributed by atoms with Crippen molar-refractivity contribution >= 4 is 41.4 Å². The summed E-state index contributed by atoms with van der Waals surface area (Å²) in [5.74, 6) is -2.60. The normalized spacial score (nSPS) is 13.5. The summed E-state index contributed by atoms with van der Waals surface area (Å²) in [7, 11) is 0. The number of benzene rings is 2. The average Bonchev–Trinajstić information content (AvgIpc) is 2.97. The van der Waals surface area contributed by atoms with Gasteiger partial charge in [0.2, 0.25) is 17.7 Å². The third kappa shape index (κ3) is 13.0. The standard InChI is InChI=1S/C29H41N7O6S/c1-43-15-13-23(34-25(38)21(30)16-19-9-11-20(37)12-10-19)27(40)35-22(8-5-14-33-29(31)32)26(39)36-24(28(41)42)17-18-6-3-2-4-7-18/h2-4,6-7,9-12,21-24,37H,5,8,13-17,30H2,1H3,(H,34,38)(H,35,40)(H,36,39)(H,41,42)(H4,31,32,33)/t21-,22+,23+,24+/m1/s1. The molecular weight excluding hydrogens is 574 g/mol. The molecule has 0 fully saturated rings. The molecule has 0 aliphatic carbocycles. The van der Waals surface area contributed by atoms with E-state index in [-0.39, 0.29) is 43.9 Å². The summed E-state index contributed by atoms with van der Waals surface area (Å²) in [4.78, 5) is 55.5. The largest absolute Gasteiger partial charge is 0.508 e. The number of phenolic OH excluding ortho intramolecular Hbond substituents is 1. The van der Waals surface area contributed by atoms with Gasteiger partial charge in [-0.1, -0.05) is 42.5 Å². The number of aliphatic imine (C=N–C) groups is 1. The summed E-state index contributed by atoms with van der Waals surface area (Å²) >= 11 is 1.47. The number of rotatable bonds is 18. The van der Waals surface area contributed by atoms with Crippen LogP contribution in [0.15, 0.2) is 59.6 Å². The highest BCUT2D eigenvalue weighted by molar-refractivity contribution is 7.98. The van der Waals surface area contributed by atoms with Crippen LogP contribution in [0, 0.1) is 0 Å². The van der Waals surface area contributed by atoms with Crippen LogP contribution in [0.3, 0.4) is 0 Å². The molecule has 0 aliphatic heterocycles. The van der Waals surface area contributed by atoms with E-state index in [1.165, 1.54) is 23.9 Å². The Labute approximate surface area is 255 Å². The minimum Gasteiger partial charge on any atom is -0.508 e. The van der Waals surface area contributed by atoms with Crippen LogP contribution in [0.1, 0.15) is 30.4 Å². The highest BCUT2D eigenvalue weighted by Gasteiger charge is 2.30. The van der Waals surface area contributed by atoms with Gasteiger partial charge < -0.3 is 43.4 Å². The number of nitrogens with one attached hydrogen (secondary N) is 3. The summed E-state index contributed by atoms with van der Waals surface area (Å²) in [5.41, 5.74) is 18.3. The van der Waals surface area contributed by atoms with Gasteiger partial charge in [-0.2, -0.15) is 11.8 Å². The Morgan fingerprint density at radius 1 is 0.814 bits per heavy atom. The lowest BCUT2D eigenvalue weighted by Crippen LogP contribution is -2.57. The Morgan fingerprint density at radius 2 is 1.37 bits per heavy atom. The van der Waals surface area contributed by atoms with Gasteiger partial charge in [0, 0.05) is 13.0 Å². The number of carbonyl (C=O) groups is 4. The third-order valence-electron chi connectivity index (χ3n) is 6.45. The number of hydrogen-bond acceptors (Lipinski definition) is 8. The number of thioether (sulfide) groups is 1. The number of nitrogens with zero attached hydrogens (tertiary/aromatic N) is 1. The van der Waals surface area contributed by atoms with Gasteiger partial charge >= 0.3 is 5.97 Å². The summed E-state index contributed by atoms with van der Waals surface area (Å²) in [5, 5.41) is 27.1. The molecule has 11 N–H and O–H groups in total. The third-order valence-corrected chi connectivity index (χ3v) is 7.09. The van der Waals surface area contributed by atoms with Crippen molar-refractivity contribution in [3.63, 3.8) is 0 Å². The lowest BCUT2D eigenvalue weighted by atomic mass is 10.0. The first kappa shape index (κ1) is 34.9. The Bertz CT molecular complexity index is 1230. The van der Waals surface area contributed by atoms with E-state index in [0.29, 0.717) is 17.7 Å². The van der Waals surface area contributed by atoms with Crippen molar-refractivity contribution in [2.45, 2.75) is 56.3 Å². The number of aromatic hydroxyl groups is 1. The van der Waals surface area contributed by atoms with Crippen molar-refractivity contribution in [2.75, 3.05) is 18.6 Å². The predicted molar refractivity (Wildman–Crippen MR) is 166 cm³/mol. The predicted octanol–water partition coefficient (Wildman–Crippen LogP) is -0.150. The second-order valence-electron chi connectivity index (χ2n) is 9.92. The van der Waals surface area contributed by atoms with Crippen LogP contribution in [-0.2, 0) is 32.0 Å². The number of guanidine groups is 1. The second-order valence-corrected chi connectivity index (χ2v) is 10.9. The van der Waals surface area contributed by atoms with Gasteiger partial charge in [-0.15, -0.1) is 0 Å². The zero-order chi connectivity index (χ0) is 31.8. The molecule has 0 aromatic heterocycles. The molecule has 234 valence electrons. The van der Waals surface area contributed by atoms with Crippen LogP contribution in [0.25, 0.3) is 0 Å². The van der Waals surface area contributed by atoms with Crippen molar-refractivity contribution in [1.29, 1.82) is 0 Å². The Hall–Kier alpha value is -4.30. The van der Waals surface area contributed by atoms with E-state index in [2.05, 4.69) is 20.9 Å². The molecular formula is C29H41N7O6S. The van der Waals surface area contributed by atoms with E-state index >= 15 is 0 Å². The van der Waals surface area contributed by atoms with E-state index < -0.39 is 47.9 Å². The monoisotopic (exact) mass is 615 g/mol. The smallest absolute Gasteiger partial charge is 0.326 e. The number of hydrogen-bond donors (Lipinski definition) is 8. The molecule has 4 atom stereocenters. The Kier molecular flexibility index (Phi) is 14.8. The molecule has 0 heterocycles. The van der Waals surface area contributed by atoms with Gasteiger partial charge in [0.05, 0.1) is 6.04 Å². The van der Waals surface area contributed by atoms with Gasteiger partial charge in [0.25, 0.3) is 0 Å². The first-order valence-corrected chi connectivity index (χ1v) is 15.1. The summed E-state index contributed by atoms with van der Waals surface area (Å²) < 4.78 is 0. The average molecular weight is 616 g/mol. The molecule has 43 heavy (non-hydrogen) atoms. The maximum absolute atomic E-state index is 13.4. The maximum Gasteiger partial charge on any atom is 0.326 e. The highest BCUT2D eigenvalue weighted by Crippen LogP contribution is 2.12. The molecule has 2 aromatic carbocycles. The summed E-state index contributed by atoms with van der Waals surface area (Å²) in [6.45, 7) is 0.188. The second kappa shape index (κ2) is 18.3. The maximum atomic E-state index is 13.4. The van der Waals surface area contributed by atoms with E-state index in [9.17, 15) is 29.4 Å². The first-order chi connectivity index (χ1) is 20.5. The van der Waals surface area contributed by atoms with Crippen LogP contribution in [0.4, 0.5) is 0 Å². The Morgan fingerprint density at radius 3 is 1.95 bits per heavy atom. The minimum atomic E-state index is -1.24. The summed E-state index contributed by atoms with van der Waals surface area (Å²) in [6, 6.07) is 10.8. The van der Waals surface area contributed by atoms with Gasteiger partial charge in [-0.05, 0) is 61.0 Å². The van der Waals surface area contributed by atoms with Gasteiger partial charge in [0.15, 0.2) is 5.96 Å². The quantitative estimate of drug-likeness (QED) is 0.0627. The topological polar surface area (TPSA) is 235 Å².